The van der Waals surface area contributed by atoms with E-state index in [0.29, 0.717) is 46.6 Å². The van der Waals surface area contributed by atoms with Crippen LogP contribution >= 0.6 is 11.3 Å². The molecule has 9 heteroatoms. The van der Waals surface area contributed by atoms with Crippen molar-refractivity contribution in [3.05, 3.63) is 46.0 Å². The first-order chi connectivity index (χ1) is 14.5. The minimum absolute atomic E-state index is 0.0957. The minimum Gasteiger partial charge on any atom is -0.486 e. The number of hydrogen-bond acceptors (Lipinski definition) is 8. The fourth-order valence-electron chi connectivity index (χ4n) is 3.05. The molecule has 0 unspecified atom stereocenters. The molecule has 8 nitrogen and oxygen atoms in total. The Morgan fingerprint density at radius 1 is 1.17 bits per heavy atom. The summed E-state index contributed by atoms with van der Waals surface area (Å²) in [6, 6.07) is 6.91. The van der Waals surface area contributed by atoms with Crippen molar-refractivity contribution in [2.24, 2.45) is 0 Å². The highest BCUT2D eigenvalue weighted by Gasteiger charge is 2.24. The number of esters is 1. The number of anilines is 1. The molecule has 156 valence electrons. The summed E-state index contributed by atoms with van der Waals surface area (Å²) in [6.45, 7) is 6.68. The van der Waals surface area contributed by atoms with Crippen molar-refractivity contribution < 1.29 is 28.3 Å². The molecule has 1 aromatic carbocycles. The first kappa shape index (κ1) is 20.0. The smallest absolute Gasteiger partial charge is 0.341 e. The summed E-state index contributed by atoms with van der Waals surface area (Å²) in [5.74, 6) is 0.754. The van der Waals surface area contributed by atoms with Crippen LogP contribution in [0.2, 0.25) is 0 Å². The van der Waals surface area contributed by atoms with E-state index in [2.05, 4.69) is 10.5 Å². The van der Waals surface area contributed by atoms with Gasteiger partial charge in [0.15, 0.2) is 23.0 Å². The molecule has 0 saturated carbocycles. The Labute approximate surface area is 176 Å². The highest BCUT2D eigenvalue weighted by atomic mass is 32.1. The number of aromatic nitrogens is 1. The maximum absolute atomic E-state index is 12.7. The highest BCUT2D eigenvalue weighted by molar-refractivity contribution is 7.16. The quantitative estimate of drug-likeness (QED) is 0.607. The lowest BCUT2D eigenvalue weighted by Gasteiger charge is -2.18. The van der Waals surface area contributed by atoms with E-state index < -0.39 is 11.9 Å². The molecule has 0 atom stereocenters. The van der Waals surface area contributed by atoms with Crippen LogP contribution in [0.3, 0.4) is 0 Å². The van der Waals surface area contributed by atoms with Gasteiger partial charge in [-0.25, -0.2) is 4.79 Å². The monoisotopic (exact) mass is 428 g/mol. The second-order valence-corrected chi connectivity index (χ2v) is 7.82. The number of benzene rings is 1. The van der Waals surface area contributed by atoms with Crippen LogP contribution in [0.15, 0.2) is 28.8 Å². The van der Waals surface area contributed by atoms with Crippen LogP contribution in [0.1, 0.15) is 38.2 Å². The zero-order chi connectivity index (χ0) is 21.3. The molecule has 0 aliphatic carbocycles. The summed E-state index contributed by atoms with van der Waals surface area (Å²) in [5.41, 5.74) is 1.95. The van der Waals surface area contributed by atoms with E-state index >= 15 is 0 Å². The minimum atomic E-state index is -0.477. The molecule has 0 bridgehead atoms. The Hall–Kier alpha value is -3.33. The van der Waals surface area contributed by atoms with Gasteiger partial charge in [-0.15, -0.1) is 11.3 Å². The normalized spacial score (nSPS) is 12.5. The Morgan fingerprint density at radius 2 is 1.93 bits per heavy atom. The fourth-order valence-corrected chi connectivity index (χ4v) is 4.09. The van der Waals surface area contributed by atoms with E-state index in [1.807, 2.05) is 13.8 Å². The van der Waals surface area contributed by atoms with Crippen molar-refractivity contribution in [1.29, 1.82) is 0 Å². The van der Waals surface area contributed by atoms with Gasteiger partial charge in [-0.2, -0.15) is 0 Å². The molecule has 3 aromatic rings. The van der Waals surface area contributed by atoms with Crippen molar-refractivity contribution in [2.45, 2.75) is 20.8 Å². The number of fused-ring (bicyclic) bond motifs is 1. The van der Waals surface area contributed by atoms with Gasteiger partial charge in [-0.05, 0) is 44.5 Å². The molecule has 1 amide bonds. The molecule has 30 heavy (non-hydrogen) atoms. The van der Waals surface area contributed by atoms with Gasteiger partial charge in [-0.1, -0.05) is 5.16 Å². The number of aryl methyl sites for hydroxylation is 1. The Morgan fingerprint density at radius 3 is 2.70 bits per heavy atom. The molecule has 4 rings (SSSR count). The van der Waals surface area contributed by atoms with Crippen molar-refractivity contribution >= 4 is 28.2 Å². The lowest BCUT2D eigenvalue weighted by Crippen LogP contribution is -2.15. The first-order valence-electron chi connectivity index (χ1n) is 9.43. The summed E-state index contributed by atoms with van der Waals surface area (Å²) in [4.78, 5) is 25.9. The maximum atomic E-state index is 12.7. The van der Waals surface area contributed by atoms with E-state index in [1.165, 1.54) is 17.4 Å². The molecule has 1 N–H and O–H groups in total. The largest absolute Gasteiger partial charge is 0.486 e. The molecule has 3 heterocycles. The molecule has 0 fully saturated rings. The van der Waals surface area contributed by atoms with E-state index in [1.54, 1.807) is 25.1 Å². The number of carbonyl (C=O) groups excluding carboxylic acids is 2. The molecule has 1 aliphatic rings. The number of nitrogens with zero attached hydrogens (tertiary/aromatic N) is 1. The number of rotatable bonds is 5. The second-order valence-electron chi connectivity index (χ2n) is 6.60. The zero-order valence-electron chi connectivity index (χ0n) is 16.7. The molecular formula is C21H20N2O6S. The third-order valence-corrected chi connectivity index (χ3v) is 5.78. The van der Waals surface area contributed by atoms with Gasteiger partial charge >= 0.3 is 5.97 Å². The lowest BCUT2D eigenvalue weighted by molar-refractivity contribution is 0.0527. The van der Waals surface area contributed by atoms with Crippen molar-refractivity contribution in [1.82, 2.24) is 5.16 Å². The average molecular weight is 428 g/mol. The van der Waals surface area contributed by atoms with E-state index in [9.17, 15) is 9.59 Å². The third-order valence-electron chi connectivity index (χ3n) is 4.66. The third kappa shape index (κ3) is 3.76. The van der Waals surface area contributed by atoms with Crippen LogP contribution in [0.4, 0.5) is 5.00 Å². The van der Waals surface area contributed by atoms with Crippen molar-refractivity contribution in [3.8, 4) is 22.8 Å². The highest BCUT2D eigenvalue weighted by Crippen LogP contribution is 2.35. The van der Waals surface area contributed by atoms with Gasteiger partial charge < -0.3 is 24.1 Å². The zero-order valence-corrected chi connectivity index (χ0v) is 17.6. The van der Waals surface area contributed by atoms with E-state index in [4.69, 9.17) is 18.7 Å². The van der Waals surface area contributed by atoms with Crippen LogP contribution in [-0.2, 0) is 4.74 Å². The number of amides is 1. The van der Waals surface area contributed by atoms with E-state index in [0.717, 1.165) is 10.4 Å². The number of nitrogens with one attached hydrogen (secondary N) is 1. The van der Waals surface area contributed by atoms with Crippen LogP contribution in [0, 0.1) is 13.8 Å². The molecular weight excluding hydrogens is 408 g/mol. The molecule has 0 saturated heterocycles. The number of ether oxygens (including phenoxy) is 3. The average Bonchev–Trinajstić information content (AvgIpc) is 3.33. The molecule has 1 aliphatic heterocycles. The predicted octanol–water partition coefficient (Wildman–Crippen LogP) is 4.22. The summed E-state index contributed by atoms with van der Waals surface area (Å²) in [6.07, 6.45) is 0. The Bertz CT molecular complexity index is 1120. The number of thiophene rings is 1. The Balaban J connectivity index is 1.56. The maximum Gasteiger partial charge on any atom is 0.341 e. The predicted molar refractivity (Wildman–Crippen MR) is 111 cm³/mol. The fraction of sp³-hybridized carbons (Fsp3) is 0.286. The molecule has 2 aromatic heterocycles. The van der Waals surface area contributed by atoms with Crippen LogP contribution in [0.5, 0.6) is 11.5 Å². The topological polar surface area (TPSA) is 99.9 Å². The summed E-state index contributed by atoms with van der Waals surface area (Å²) in [7, 11) is 0. The van der Waals surface area contributed by atoms with Crippen molar-refractivity contribution in [2.75, 3.05) is 25.1 Å². The van der Waals surface area contributed by atoms with Gasteiger partial charge in [0.1, 0.15) is 18.2 Å². The standard InChI is InChI=1S/C21H20N2O6S/c1-4-26-21(25)18-11(2)12(3)30-20(18)22-19(24)14-10-16(29-23-14)13-5-6-15-17(9-13)28-8-7-27-15/h5-6,9-10H,4,7-8H2,1-3H3,(H,22,24). The SMILES string of the molecule is CCOC(=O)c1c(NC(=O)c2cc(-c3ccc4c(c3)OCCO4)on2)sc(C)c1C. The van der Waals surface area contributed by atoms with Crippen LogP contribution < -0.4 is 14.8 Å². The summed E-state index contributed by atoms with van der Waals surface area (Å²) >= 11 is 1.32. The van der Waals surface area contributed by atoms with E-state index in [-0.39, 0.29) is 12.3 Å². The molecule has 0 radical (unpaired) electrons. The van der Waals surface area contributed by atoms with Crippen LogP contribution in [0.25, 0.3) is 11.3 Å². The van der Waals surface area contributed by atoms with Gasteiger partial charge in [-0.3, -0.25) is 4.79 Å². The first-order valence-corrected chi connectivity index (χ1v) is 10.2. The van der Waals surface area contributed by atoms with Gasteiger partial charge in [0.05, 0.1) is 12.2 Å². The van der Waals surface area contributed by atoms with Gasteiger partial charge in [0, 0.05) is 16.5 Å². The molecule has 0 spiro atoms. The summed E-state index contributed by atoms with van der Waals surface area (Å²) in [5, 5.41) is 7.05. The second kappa shape index (κ2) is 8.19. The Kier molecular flexibility index (Phi) is 5.45. The number of carbonyl (C=O) groups is 2. The van der Waals surface area contributed by atoms with Crippen molar-refractivity contribution in [3.63, 3.8) is 0 Å². The van der Waals surface area contributed by atoms with Gasteiger partial charge in [0.2, 0.25) is 0 Å². The lowest BCUT2D eigenvalue weighted by atomic mass is 10.1. The summed E-state index contributed by atoms with van der Waals surface area (Å²) < 4.78 is 21.6. The van der Waals surface area contributed by atoms with Gasteiger partial charge in [0.25, 0.3) is 5.91 Å². The number of hydrogen-bond donors (Lipinski definition) is 1. The van der Waals surface area contributed by atoms with Crippen LogP contribution in [-0.4, -0.2) is 36.9 Å².